The van der Waals surface area contributed by atoms with E-state index in [1.807, 2.05) is 0 Å². The highest BCUT2D eigenvalue weighted by Gasteiger charge is 2.40. The van der Waals surface area contributed by atoms with Crippen molar-refractivity contribution in [3.05, 3.63) is 29.8 Å². The van der Waals surface area contributed by atoms with E-state index in [2.05, 4.69) is 5.32 Å². The fourth-order valence-electron chi connectivity index (χ4n) is 1.45. The molecule has 0 spiro atoms. The van der Waals surface area contributed by atoms with Gasteiger partial charge in [0.15, 0.2) is 0 Å². The molecule has 0 saturated heterocycles. The lowest BCUT2D eigenvalue weighted by atomic mass is 10.1. The minimum atomic E-state index is -4.30. The Hall–Kier alpha value is -1.23. The van der Waals surface area contributed by atoms with Gasteiger partial charge in [-0.3, -0.25) is 0 Å². The number of nitrogens with one attached hydrogen (secondary N) is 1. The third kappa shape index (κ3) is 3.13. The predicted octanol–water partition coefficient (Wildman–Crippen LogP) is 2.91. The first-order valence-electron chi connectivity index (χ1n) is 4.93. The molecular weight excluding hydrogens is 219 g/mol. The number of hydrogen-bond acceptors (Lipinski definition) is 2. The third-order valence-corrected chi connectivity index (χ3v) is 2.16. The maximum absolute atomic E-state index is 12.7. The summed E-state index contributed by atoms with van der Waals surface area (Å²) >= 11 is 0. The van der Waals surface area contributed by atoms with Crippen LogP contribution < -0.4 is 10.1 Å². The number of ether oxygens (including phenoxy) is 1. The van der Waals surface area contributed by atoms with E-state index < -0.39 is 12.2 Å². The van der Waals surface area contributed by atoms with Crippen molar-refractivity contribution >= 4 is 0 Å². The number of methoxy groups -OCH3 is 1. The van der Waals surface area contributed by atoms with Crippen molar-refractivity contribution in [2.75, 3.05) is 13.7 Å². The van der Waals surface area contributed by atoms with Gasteiger partial charge in [0.2, 0.25) is 0 Å². The van der Waals surface area contributed by atoms with Crippen LogP contribution in [0.1, 0.15) is 18.5 Å². The zero-order chi connectivity index (χ0) is 12.2. The fourth-order valence-corrected chi connectivity index (χ4v) is 1.45. The van der Waals surface area contributed by atoms with Gasteiger partial charge in [-0.2, -0.15) is 13.2 Å². The summed E-state index contributed by atoms with van der Waals surface area (Å²) in [6.07, 6.45) is -4.30. The van der Waals surface area contributed by atoms with Gasteiger partial charge in [0.25, 0.3) is 0 Å². The monoisotopic (exact) mass is 233 g/mol. The smallest absolute Gasteiger partial charge is 0.407 e. The maximum atomic E-state index is 12.7. The first-order chi connectivity index (χ1) is 7.49. The highest BCUT2D eigenvalue weighted by Crippen LogP contribution is 2.33. The molecule has 1 aromatic rings. The van der Waals surface area contributed by atoms with Gasteiger partial charge in [0.1, 0.15) is 11.8 Å². The van der Waals surface area contributed by atoms with Gasteiger partial charge in [-0.15, -0.1) is 0 Å². The molecule has 5 heteroatoms. The molecule has 0 saturated carbocycles. The van der Waals surface area contributed by atoms with Gasteiger partial charge in [-0.1, -0.05) is 19.1 Å². The molecule has 0 radical (unpaired) electrons. The van der Waals surface area contributed by atoms with Crippen LogP contribution in [0.15, 0.2) is 24.3 Å². The zero-order valence-corrected chi connectivity index (χ0v) is 9.14. The number of rotatable bonds is 4. The Labute approximate surface area is 92.4 Å². The van der Waals surface area contributed by atoms with Crippen LogP contribution in [-0.4, -0.2) is 19.8 Å². The molecule has 1 rings (SSSR count). The average Bonchev–Trinajstić information content (AvgIpc) is 2.24. The minimum absolute atomic E-state index is 0.161. The number of hydrogen-bond donors (Lipinski definition) is 1. The van der Waals surface area contributed by atoms with Gasteiger partial charge < -0.3 is 10.1 Å². The fraction of sp³-hybridized carbons (Fsp3) is 0.455. The number of alkyl halides is 3. The van der Waals surface area contributed by atoms with Crippen molar-refractivity contribution in [3.8, 4) is 5.75 Å². The maximum Gasteiger partial charge on any atom is 0.407 e. The summed E-state index contributed by atoms with van der Waals surface area (Å²) in [5.74, 6) is 0.421. The van der Waals surface area contributed by atoms with E-state index in [1.54, 1.807) is 19.1 Å². The van der Waals surface area contributed by atoms with Gasteiger partial charge in [0, 0.05) is 0 Å². The Kier molecular flexibility index (Phi) is 4.18. The summed E-state index contributed by atoms with van der Waals surface area (Å²) in [6, 6.07) is 4.34. The molecular formula is C11H14F3NO. The van der Waals surface area contributed by atoms with Gasteiger partial charge >= 0.3 is 6.18 Å². The second kappa shape index (κ2) is 5.21. The van der Waals surface area contributed by atoms with Crippen molar-refractivity contribution in [2.24, 2.45) is 0 Å². The molecule has 1 unspecified atom stereocenters. The largest absolute Gasteiger partial charge is 0.497 e. The van der Waals surface area contributed by atoms with E-state index in [4.69, 9.17) is 4.74 Å². The van der Waals surface area contributed by atoms with E-state index in [9.17, 15) is 13.2 Å². The second-order valence-corrected chi connectivity index (χ2v) is 3.31. The summed E-state index contributed by atoms with van der Waals surface area (Å²) < 4.78 is 43.1. The van der Waals surface area contributed by atoms with Crippen LogP contribution in [0.25, 0.3) is 0 Å². The second-order valence-electron chi connectivity index (χ2n) is 3.31. The zero-order valence-electron chi connectivity index (χ0n) is 9.14. The summed E-state index contributed by atoms with van der Waals surface area (Å²) in [7, 11) is 1.43. The van der Waals surface area contributed by atoms with Crippen molar-refractivity contribution in [1.82, 2.24) is 5.32 Å². The Balaban J connectivity index is 3.01. The quantitative estimate of drug-likeness (QED) is 0.863. The van der Waals surface area contributed by atoms with Crippen molar-refractivity contribution < 1.29 is 17.9 Å². The lowest BCUT2D eigenvalue weighted by Gasteiger charge is -2.21. The van der Waals surface area contributed by atoms with Crippen LogP contribution in [0.5, 0.6) is 5.75 Å². The Bertz CT molecular complexity index is 338. The van der Waals surface area contributed by atoms with E-state index >= 15 is 0 Å². The SMILES string of the molecule is CCNC(c1cccc(OC)c1)C(F)(F)F. The topological polar surface area (TPSA) is 21.3 Å². The van der Waals surface area contributed by atoms with Gasteiger partial charge in [0.05, 0.1) is 7.11 Å². The molecule has 0 amide bonds. The molecule has 0 bridgehead atoms. The highest BCUT2D eigenvalue weighted by atomic mass is 19.4. The molecule has 0 aliphatic heterocycles. The van der Waals surface area contributed by atoms with Crippen molar-refractivity contribution in [3.63, 3.8) is 0 Å². The predicted molar refractivity (Wildman–Crippen MR) is 55.5 cm³/mol. The Morgan fingerprint density at radius 2 is 2.06 bits per heavy atom. The Morgan fingerprint density at radius 3 is 2.56 bits per heavy atom. The number of benzene rings is 1. The van der Waals surface area contributed by atoms with E-state index in [1.165, 1.54) is 19.2 Å². The summed E-state index contributed by atoms with van der Waals surface area (Å²) in [5, 5.41) is 2.41. The van der Waals surface area contributed by atoms with Crippen LogP contribution in [0.3, 0.4) is 0 Å². The molecule has 2 nitrogen and oxygen atoms in total. The van der Waals surface area contributed by atoms with Gasteiger partial charge in [-0.05, 0) is 24.2 Å². The van der Waals surface area contributed by atoms with Crippen molar-refractivity contribution in [2.45, 2.75) is 19.1 Å². The molecule has 1 N–H and O–H groups in total. The van der Waals surface area contributed by atoms with Crippen molar-refractivity contribution in [1.29, 1.82) is 0 Å². The standard InChI is InChI=1S/C11H14F3NO/c1-3-15-10(11(12,13)14)8-5-4-6-9(7-8)16-2/h4-7,10,15H,3H2,1-2H3. The highest BCUT2D eigenvalue weighted by molar-refractivity contribution is 5.31. The molecule has 0 fully saturated rings. The van der Waals surface area contributed by atoms with E-state index in [0.29, 0.717) is 5.75 Å². The normalized spacial score (nSPS) is 13.6. The van der Waals surface area contributed by atoms with Crippen LogP contribution in [0.2, 0.25) is 0 Å². The molecule has 16 heavy (non-hydrogen) atoms. The van der Waals surface area contributed by atoms with Crippen LogP contribution in [-0.2, 0) is 0 Å². The minimum Gasteiger partial charge on any atom is -0.497 e. The Morgan fingerprint density at radius 1 is 1.38 bits per heavy atom. The first kappa shape index (κ1) is 12.8. The third-order valence-electron chi connectivity index (χ3n) is 2.16. The molecule has 0 heterocycles. The average molecular weight is 233 g/mol. The van der Waals surface area contributed by atoms with E-state index in [0.717, 1.165) is 0 Å². The number of halogens is 3. The molecule has 0 aromatic heterocycles. The van der Waals surface area contributed by atoms with Gasteiger partial charge in [-0.25, -0.2) is 0 Å². The van der Waals surface area contributed by atoms with Crippen LogP contribution in [0, 0.1) is 0 Å². The molecule has 0 aliphatic rings. The lowest BCUT2D eigenvalue weighted by molar-refractivity contribution is -0.157. The summed E-state index contributed by atoms with van der Waals surface area (Å²) in [5.41, 5.74) is 0.161. The molecule has 0 aliphatic carbocycles. The van der Waals surface area contributed by atoms with E-state index in [-0.39, 0.29) is 12.1 Å². The first-order valence-corrected chi connectivity index (χ1v) is 4.93. The van der Waals surface area contributed by atoms with Crippen LogP contribution in [0.4, 0.5) is 13.2 Å². The molecule has 1 aromatic carbocycles. The molecule has 1 atom stereocenters. The summed E-state index contributed by atoms with van der Waals surface area (Å²) in [4.78, 5) is 0. The lowest BCUT2D eigenvalue weighted by Crippen LogP contribution is -2.33. The van der Waals surface area contributed by atoms with Crippen LogP contribution >= 0.6 is 0 Å². The summed E-state index contributed by atoms with van der Waals surface area (Å²) in [6.45, 7) is 1.89. The molecule has 90 valence electrons.